The molecule has 0 bridgehead atoms. The molecule has 0 radical (unpaired) electrons. The van der Waals surface area contributed by atoms with Crippen molar-refractivity contribution in [1.29, 1.82) is 0 Å². The molecule has 0 spiro atoms. The molecular weight excluding hydrogens is 359 g/mol. The van der Waals surface area contributed by atoms with E-state index in [4.69, 9.17) is 0 Å². The Morgan fingerprint density at radius 1 is 1.07 bits per heavy atom. The first-order valence-corrected chi connectivity index (χ1v) is 9.94. The molecule has 1 atom stereocenters. The van der Waals surface area contributed by atoms with E-state index in [1.165, 1.54) is 28.8 Å². The first-order valence-electron chi connectivity index (χ1n) is 9.94. The summed E-state index contributed by atoms with van der Waals surface area (Å²) in [7, 11) is 0. The van der Waals surface area contributed by atoms with Crippen molar-refractivity contribution in [2.75, 3.05) is 6.54 Å². The Labute approximate surface area is 167 Å². The van der Waals surface area contributed by atoms with E-state index in [2.05, 4.69) is 43.4 Å². The van der Waals surface area contributed by atoms with Gasteiger partial charge < -0.3 is 5.32 Å². The Morgan fingerprint density at radius 2 is 1.75 bits per heavy atom. The maximum absolute atomic E-state index is 12.8. The van der Waals surface area contributed by atoms with Gasteiger partial charge in [0.05, 0.1) is 5.56 Å². The van der Waals surface area contributed by atoms with Crippen LogP contribution in [0.4, 0.5) is 13.2 Å². The number of hydrogen-bond acceptors (Lipinski definition) is 1. The smallest absolute Gasteiger partial charge is 0.310 e. The van der Waals surface area contributed by atoms with E-state index in [0.29, 0.717) is 6.42 Å². The summed E-state index contributed by atoms with van der Waals surface area (Å²) in [5.41, 5.74) is 3.85. The maximum Gasteiger partial charge on any atom is 0.416 e. The fourth-order valence-electron chi connectivity index (χ4n) is 3.10. The summed E-state index contributed by atoms with van der Waals surface area (Å²) in [5.74, 6) is 0. The molecule has 0 aromatic heterocycles. The molecule has 0 heterocycles. The SMILES string of the molecule is C/C=C\c1c(C)cccc1C(C)NCCCc1cccc(C(F)(F)F)c1.CC. The van der Waals surface area contributed by atoms with Crippen LogP contribution in [-0.2, 0) is 12.6 Å². The molecule has 0 fully saturated rings. The zero-order chi connectivity index (χ0) is 21.2. The number of halogens is 3. The zero-order valence-electron chi connectivity index (χ0n) is 17.5. The standard InChI is InChI=1S/C22H26F3N.C2H6/c1-4-8-20-16(2)9-5-13-21(20)17(3)26-14-7-11-18-10-6-12-19(15-18)22(23,24)25;1-2/h4-6,8-10,12-13,15,17,26H,7,11,14H2,1-3H3;1-2H3/b8-4-;. The van der Waals surface area contributed by atoms with Gasteiger partial charge >= 0.3 is 6.18 Å². The molecule has 154 valence electrons. The number of nitrogens with one attached hydrogen (secondary N) is 1. The molecule has 1 N–H and O–H groups in total. The molecule has 0 aliphatic rings. The van der Waals surface area contributed by atoms with Crippen LogP contribution in [0.3, 0.4) is 0 Å². The average Bonchev–Trinajstić information content (AvgIpc) is 2.68. The quantitative estimate of drug-likeness (QED) is 0.486. The highest BCUT2D eigenvalue weighted by atomic mass is 19.4. The molecule has 2 aromatic carbocycles. The maximum atomic E-state index is 12.8. The molecule has 0 saturated heterocycles. The molecule has 2 aromatic rings. The van der Waals surface area contributed by atoms with Crippen molar-refractivity contribution in [1.82, 2.24) is 5.32 Å². The van der Waals surface area contributed by atoms with Gasteiger partial charge in [0.15, 0.2) is 0 Å². The third-order valence-electron chi connectivity index (χ3n) is 4.50. The normalized spacial score (nSPS) is 12.6. The molecule has 0 saturated carbocycles. The summed E-state index contributed by atoms with van der Waals surface area (Å²) in [4.78, 5) is 0. The van der Waals surface area contributed by atoms with Crippen LogP contribution in [-0.4, -0.2) is 6.54 Å². The van der Waals surface area contributed by atoms with Crippen LogP contribution < -0.4 is 5.32 Å². The van der Waals surface area contributed by atoms with Gasteiger partial charge in [-0.25, -0.2) is 0 Å². The van der Waals surface area contributed by atoms with Gasteiger partial charge in [0.2, 0.25) is 0 Å². The minimum atomic E-state index is -4.28. The number of alkyl halides is 3. The van der Waals surface area contributed by atoms with E-state index in [1.807, 2.05) is 26.8 Å². The van der Waals surface area contributed by atoms with Crippen molar-refractivity contribution < 1.29 is 13.2 Å². The summed E-state index contributed by atoms with van der Waals surface area (Å²) in [6, 6.07) is 12.0. The first kappa shape index (κ1) is 24.0. The van der Waals surface area contributed by atoms with Gasteiger partial charge in [0.1, 0.15) is 0 Å². The summed E-state index contributed by atoms with van der Waals surface area (Å²) in [6.45, 7) is 11.0. The monoisotopic (exact) mass is 391 g/mol. The van der Waals surface area contributed by atoms with Crippen LogP contribution in [0.15, 0.2) is 48.5 Å². The Bertz CT molecular complexity index is 748. The van der Waals surface area contributed by atoms with Gasteiger partial charge in [-0.2, -0.15) is 13.2 Å². The summed E-state index contributed by atoms with van der Waals surface area (Å²) >= 11 is 0. The molecule has 28 heavy (non-hydrogen) atoms. The lowest BCUT2D eigenvalue weighted by molar-refractivity contribution is -0.137. The predicted molar refractivity (Wildman–Crippen MR) is 113 cm³/mol. The van der Waals surface area contributed by atoms with Crippen LogP contribution in [0.25, 0.3) is 6.08 Å². The van der Waals surface area contributed by atoms with E-state index >= 15 is 0 Å². The molecule has 0 amide bonds. The lowest BCUT2D eigenvalue weighted by atomic mass is 9.96. The minimum absolute atomic E-state index is 0.183. The topological polar surface area (TPSA) is 12.0 Å². The van der Waals surface area contributed by atoms with Gasteiger partial charge in [0, 0.05) is 6.04 Å². The van der Waals surface area contributed by atoms with E-state index in [1.54, 1.807) is 6.07 Å². The molecule has 0 aliphatic carbocycles. The van der Waals surface area contributed by atoms with Crippen LogP contribution >= 0.6 is 0 Å². The average molecular weight is 392 g/mol. The van der Waals surface area contributed by atoms with Gasteiger partial charge in [0.25, 0.3) is 0 Å². The van der Waals surface area contributed by atoms with E-state index in [9.17, 15) is 13.2 Å². The van der Waals surface area contributed by atoms with Gasteiger partial charge in [-0.3, -0.25) is 0 Å². The van der Waals surface area contributed by atoms with Crippen molar-refractivity contribution in [3.63, 3.8) is 0 Å². The number of aryl methyl sites for hydroxylation is 2. The second-order valence-electron chi connectivity index (χ2n) is 6.56. The van der Waals surface area contributed by atoms with Crippen LogP contribution in [0.1, 0.15) is 68.0 Å². The van der Waals surface area contributed by atoms with Gasteiger partial charge in [-0.1, -0.05) is 62.4 Å². The number of allylic oxidation sites excluding steroid dienone is 1. The Kier molecular flexibility index (Phi) is 10.0. The zero-order valence-corrected chi connectivity index (χ0v) is 17.5. The fourth-order valence-corrected chi connectivity index (χ4v) is 3.10. The van der Waals surface area contributed by atoms with Crippen molar-refractivity contribution in [3.8, 4) is 0 Å². The molecule has 0 aliphatic heterocycles. The van der Waals surface area contributed by atoms with Crippen LogP contribution in [0.5, 0.6) is 0 Å². The van der Waals surface area contributed by atoms with Crippen molar-refractivity contribution in [3.05, 3.63) is 76.4 Å². The van der Waals surface area contributed by atoms with E-state index < -0.39 is 11.7 Å². The summed E-state index contributed by atoms with van der Waals surface area (Å²) in [5, 5.41) is 3.48. The predicted octanol–water partition coefficient (Wildman–Crippen LogP) is 7.36. The van der Waals surface area contributed by atoms with Crippen LogP contribution in [0.2, 0.25) is 0 Å². The molecule has 1 unspecified atom stereocenters. The molecule has 4 heteroatoms. The fraction of sp³-hybridized carbons (Fsp3) is 0.417. The lowest BCUT2D eigenvalue weighted by Gasteiger charge is -2.18. The second kappa shape index (κ2) is 11.7. The molecule has 2 rings (SSSR count). The highest BCUT2D eigenvalue weighted by Crippen LogP contribution is 2.29. The number of benzene rings is 2. The Hall–Kier alpha value is -2.07. The van der Waals surface area contributed by atoms with Gasteiger partial charge in [-0.05, 0) is 68.5 Å². The minimum Gasteiger partial charge on any atom is -0.310 e. The first-order chi connectivity index (χ1) is 13.3. The molecular formula is C24H32F3N. The highest BCUT2D eigenvalue weighted by Gasteiger charge is 2.30. The summed E-state index contributed by atoms with van der Waals surface area (Å²) < 4.78 is 38.3. The van der Waals surface area contributed by atoms with E-state index in [0.717, 1.165) is 24.6 Å². The van der Waals surface area contributed by atoms with Crippen molar-refractivity contribution >= 4 is 6.08 Å². The Morgan fingerprint density at radius 3 is 2.39 bits per heavy atom. The third kappa shape index (κ3) is 7.16. The second-order valence-corrected chi connectivity index (χ2v) is 6.56. The Balaban J connectivity index is 0.00000190. The summed E-state index contributed by atoms with van der Waals surface area (Å²) in [6.07, 6.45) is 1.28. The van der Waals surface area contributed by atoms with Gasteiger partial charge in [-0.15, -0.1) is 0 Å². The molecule has 1 nitrogen and oxygen atoms in total. The third-order valence-corrected chi connectivity index (χ3v) is 4.50. The number of rotatable bonds is 7. The van der Waals surface area contributed by atoms with Crippen LogP contribution in [0, 0.1) is 6.92 Å². The van der Waals surface area contributed by atoms with E-state index in [-0.39, 0.29) is 6.04 Å². The lowest BCUT2D eigenvalue weighted by Crippen LogP contribution is -2.21. The number of hydrogen-bond donors (Lipinski definition) is 1. The highest BCUT2D eigenvalue weighted by molar-refractivity contribution is 5.58. The largest absolute Gasteiger partial charge is 0.416 e. The van der Waals surface area contributed by atoms with Crippen molar-refractivity contribution in [2.24, 2.45) is 0 Å². The van der Waals surface area contributed by atoms with Crippen molar-refractivity contribution in [2.45, 2.75) is 59.7 Å².